The van der Waals surface area contributed by atoms with Gasteiger partial charge in [0.2, 0.25) is 0 Å². The SMILES string of the molecule is C1=C(N2c3ccccc3B3c4c(n(-c5ccccc5)c5ncncc45)-n4c5ccccc5c5ccc2c3c54)CCCC1. The fraction of sp³-hybridized carbons (Fsp3) is 0.111. The van der Waals surface area contributed by atoms with E-state index >= 15 is 0 Å². The molecule has 7 aromatic rings. The molecule has 10 rings (SSSR count). The molecule has 0 radical (unpaired) electrons. The fourth-order valence-electron chi connectivity index (χ4n) is 7.99. The number of aromatic nitrogens is 4. The molecular weight excluding hydrogens is 513 g/mol. The third-order valence-corrected chi connectivity index (χ3v) is 9.59. The molecule has 2 aliphatic heterocycles. The molecule has 3 aromatic heterocycles. The average molecular weight is 539 g/mol. The first-order chi connectivity index (χ1) is 20.9. The van der Waals surface area contributed by atoms with Crippen LogP contribution in [0.25, 0.3) is 44.3 Å². The highest BCUT2D eigenvalue weighted by molar-refractivity contribution is 7.01. The summed E-state index contributed by atoms with van der Waals surface area (Å²) in [4.78, 5) is 12.1. The van der Waals surface area contributed by atoms with Crippen molar-refractivity contribution in [3.05, 3.63) is 115 Å². The summed E-state index contributed by atoms with van der Waals surface area (Å²) in [5.41, 5.74) is 12.6. The second-order valence-corrected chi connectivity index (χ2v) is 11.7. The second kappa shape index (κ2) is 8.23. The summed E-state index contributed by atoms with van der Waals surface area (Å²) < 4.78 is 4.87. The van der Waals surface area contributed by atoms with Crippen molar-refractivity contribution in [3.8, 4) is 11.5 Å². The van der Waals surface area contributed by atoms with Gasteiger partial charge in [-0.1, -0.05) is 66.7 Å². The third-order valence-electron chi connectivity index (χ3n) is 9.59. The minimum absolute atomic E-state index is 0.0608. The number of benzene rings is 4. The average Bonchev–Trinajstić information content (AvgIpc) is 3.58. The predicted molar refractivity (Wildman–Crippen MR) is 173 cm³/mol. The van der Waals surface area contributed by atoms with E-state index in [1.54, 1.807) is 6.33 Å². The highest BCUT2D eigenvalue weighted by Gasteiger charge is 2.45. The zero-order chi connectivity index (χ0) is 27.4. The lowest BCUT2D eigenvalue weighted by Crippen LogP contribution is -2.60. The number of hydrogen-bond donors (Lipinski definition) is 0. The van der Waals surface area contributed by atoms with Crippen molar-refractivity contribution >= 4 is 67.3 Å². The first kappa shape index (κ1) is 22.6. The Labute approximate surface area is 243 Å². The van der Waals surface area contributed by atoms with Crippen LogP contribution >= 0.6 is 0 Å². The Morgan fingerprint density at radius 2 is 1.55 bits per heavy atom. The molecular formula is C36H26BN5. The van der Waals surface area contributed by atoms with Crippen LogP contribution in [0.4, 0.5) is 11.4 Å². The van der Waals surface area contributed by atoms with Gasteiger partial charge in [-0.15, -0.1) is 0 Å². The van der Waals surface area contributed by atoms with E-state index in [0.29, 0.717) is 0 Å². The largest absolute Gasteiger partial charge is 0.315 e. The van der Waals surface area contributed by atoms with Crippen LogP contribution in [0, 0.1) is 0 Å². The molecule has 0 fully saturated rings. The molecule has 42 heavy (non-hydrogen) atoms. The van der Waals surface area contributed by atoms with Gasteiger partial charge in [-0.25, -0.2) is 9.97 Å². The van der Waals surface area contributed by atoms with Gasteiger partial charge in [0.05, 0.1) is 11.0 Å². The second-order valence-electron chi connectivity index (χ2n) is 11.7. The normalized spacial score (nSPS) is 15.3. The van der Waals surface area contributed by atoms with E-state index in [0.717, 1.165) is 35.4 Å². The minimum Gasteiger partial charge on any atom is -0.315 e. The van der Waals surface area contributed by atoms with Crippen LogP contribution in [0.15, 0.2) is 115 Å². The zero-order valence-corrected chi connectivity index (χ0v) is 23.0. The van der Waals surface area contributed by atoms with Crippen molar-refractivity contribution < 1.29 is 0 Å². The molecule has 0 bridgehead atoms. The molecule has 0 amide bonds. The Morgan fingerprint density at radius 3 is 2.45 bits per heavy atom. The van der Waals surface area contributed by atoms with Crippen molar-refractivity contribution in [2.75, 3.05) is 4.90 Å². The quantitative estimate of drug-likeness (QED) is 0.244. The van der Waals surface area contributed by atoms with Crippen LogP contribution in [0.1, 0.15) is 25.7 Å². The minimum atomic E-state index is 0.0608. The highest BCUT2D eigenvalue weighted by Crippen LogP contribution is 2.43. The molecule has 5 nitrogen and oxygen atoms in total. The number of fused-ring (bicyclic) bond motifs is 10. The summed E-state index contributed by atoms with van der Waals surface area (Å²) in [6.45, 7) is 0.0608. The standard InChI is InChI=1S/C36H26BN5/c1-3-11-23(12-4-1)40-30-18-10-8-16-28(30)37-32-27-21-38-22-39-35(27)41(24-13-5-2-6-14-24)36(32)42-29-17-9-7-15-25(29)26-19-20-31(40)33(37)34(26)42/h2,5-11,13-22H,1,3-4,12H2. The van der Waals surface area contributed by atoms with E-state index in [2.05, 4.69) is 116 Å². The van der Waals surface area contributed by atoms with Crippen molar-refractivity contribution in [2.45, 2.75) is 25.7 Å². The van der Waals surface area contributed by atoms with E-state index in [-0.39, 0.29) is 6.71 Å². The molecule has 0 spiro atoms. The third kappa shape index (κ3) is 2.74. The lowest BCUT2D eigenvalue weighted by Gasteiger charge is -2.41. The maximum absolute atomic E-state index is 4.93. The van der Waals surface area contributed by atoms with Gasteiger partial charge in [0.1, 0.15) is 17.8 Å². The monoisotopic (exact) mass is 539 g/mol. The van der Waals surface area contributed by atoms with Crippen LogP contribution in [0.2, 0.25) is 0 Å². The fourth-order valence-corrected chi connectivity index (χ4v) is 7.99. The lowest BCUT2D eigenvalue weighted by atomic mass is 9.34. The number of hydrogen-bond acceptors (Lipinski definition) is 3. The summed E-state index contributed by atoms with van der Waals surface area (Å²) in [5.74, 6) is 1.16. The van der Waals surface area contributed by atoms with E-state index in [4.69, 9.17) is 4.98 Å². The summed E-state index contributed by atoms with van der Waals surface area (Å²) in [6.07, 6.45) is 10.9. The Balaban J connectivity index is 1.45. The molecule has 0 saturated carbocycles. The molecule has 3 aliphatic rings. The number of nitrogens with zero attached hydrogens (tertiary/aromatic N) is 5. The molecule has 4 aromatic carbocycles. The van der Waals surface area contributed by atoms with Gasteiger partial charge in [-0.3, -0.25) is 9.13 Å². The molecule has 5 heterocycles. The molecule has 0 saturated heterocycles. The van der Waals surface area contributed by atoms with E-state index in [9.17, 15) is 0 Å². The number of para-hydroxylation sites is 3. The van der Waals surface area contributed by atoms with Crippen LogP contribution in [-0.4, -0.2) is 25.8 Å². The lowest BCUT2D eigenvalue weighted by molar-refractivity contribution is 0.691. The van der Waals surface area contributed by atoms with E-state index < -0.39 is 0 Å². The van der Waals surface area contributed by atoms with Crippen molar-refractivity contribution in [1.82, 2.24) is 19.1 Å². The first-order valence-electron chi connectivity index (χ1n) is 14.9. The molecule has 6 heteroatoms. The molecule has 1 aliphatic carbocycles. The zero-order valence-electron chi connectivity index (χ0n) is 23.0. The molecule has 0 atom stereocenters. The van der Waals surface area contributed by atoms with Crippen LogP contribution < -0.4 is 21.3 Å². The van der Waals surface area contributed by atoms with Gasteiger partial charge >= 0.3 is 0 Å². The van der Waals surface area contributed by atoms with Gasteiger partial charge < -0.3 is 4.90 Å². The van der Waals surface area contributed by atoms with Crippen LogP contribution in [0.3, 0.4) is 0 Å². The Morgan fingerprint density at radius 1 is 0.690 bits per heavy atom. The van der Waals surface area contributed by atoms with Crippen molar-refractivity contribution in [1.29, 1.82) is 0 Å². The van der Waals surface area contributed by atoms with Gasteiger partial charge in [0, 0.05) is 45.1 Å². The van der Waals surface area contributed by atoms with Crippen molar-refractivity contribution in [3.63, 3.8) is 0 Å². The smallest absolute Gasteiger partial charge is 0.255 e. The summed E-state index contributed by atoms with van der Waals surface area (Å²) >= 11 is 0. The first-order valence-corrected chi connectivity index (χ1v) is 14.9. The topological polar surface area (TPSA) is 38.9 Å². The molecule has 0 N–H and O–H groups in total. The van der Waals surface area contributed by atoms with E-state index in [1.807, 2.05) is 6.20 Å². The predicted octanol–water partition coefficient (Wildman–Crippen LogP) is 6.26. The Kier molecular flexibility index (Phi) is 4.42. The molecule has 0 unspecified atom stereocenters. The maximum atomic E-state index is 4.93. The van der Waals surface area contributed by atoms with Crippen LogP contribution in [0.5, 0.6) is 0 Å². The Hall–Kier alpha value is -5.10. The summed E-state index contributed by atoms with van der Waals surface area (Å²) in [6, 6.07) is 33.3. The number of anilines is 2. The highest BCUT2D eigenvalue weighted by atomic mass is 15.2. The number of rotatable bonds is 2. The van der Waals surface area contributed by atoms with E-state index in [1.165, 1.54) is 68.1 Å². The van der Waals surface area contributed by atoms with Gasteiger partial charge in [-0.05, 0) is 72.4 Å². The number of allylic oxidation sites excluding steroid dienone is 2. The van der Waals surface area contributed by atoms with Gasteiger partial charge in [0.25, 0.3) is 6.71 Å². The maximum Gasteiger partial charge on any atom is 0.255 e. The van der Waals surface area contributed by atoms with Crippen molar-refractivity contribution in [2.24, 2.45) is 0 Å². The van der Waals surface area contributed by atoms with Gasteiger partial charge in [0.15, 0.2) is 0 Å². The summed E-state index contributed by atoms with van der Waals surface area (Å²) in [5, 5.41) is 3.68. The van der Waals surface area contributed by atoms with Crippen LogP contribution in [-0.2, 0) is 0 Å². The molecule has 198 valence electrons. The van der Waals surface area contributed by atoms with Gasteiger partial charge in [-0.2, -0.15) is 0 Å². The Bertz CT molecular complexity index is 2280. The summed E-state index contributed by atoms with van der Waals surface area (Å²) in [7, 11) is 0.